The molecule has 7 nitrogen and oxygen atoms in total. The summed E-state index contributed by atoms with van der Waals surface area (Å²) in [6.07, 6.45) is 1.74. The maximum atomic E-state index is 12.8. The number of halogens is 2. The Labute approximate surface area is 169 Å². The fourth-order valence-electron chi connectivity index (χ4n) is 3.33. The highest BCUT2D eigenvalue weighted by Crippen LogP contribution is 2.37. The highest BCUT2D eigenvalue weighted by molar-refractivity contribution is 7.90. The molecule has 1 N–H and O–H groups in total. The number of rotatable bonds is 8. The summed E-state index contributed by atoms with van der Waals surface area (Å²) < 4.78 is 56.0. The third-order valence-corrected chi connectivity index (χ3v) is 6.50. The van der Waals surface area contributed by atoms with Crippen LogP contribution in [0.2, 0.25) is 0 Å². The second kappa shape index (κ2) is 8.25. The summed E-state index contributed by atoms with van der Waals surface area (Å²) in [6.45, 7) is 4.30. The van der Waals surface area contributed by atoms with Crippen LogP contribution in [0.5, 0.6) is 5.75 Å². The van der Waals surface area contributed by atoms with Crippen molar-refractivity contribution in [3.63, 3.8) is 0 Å². The molecule has 0 bridgehead atoms. The van der Waals surface area contributed by atoms with E-state index in [9.17, 15) is 26.8 Å². The summed E-state index contributed by atoms with van der Waals surface area (Å²) >= 11 is 0. The van der Waals surface area contributed by atoms with E-state index in [0.29, 0.717) is 19.4 Å². The van der Waals surface area contributed by atoms with Gasteiger partial charge in [-0.05, 0) is 31.9 Å². The number of hydrogen-bond acceptors (Lipinski definition) is 5. The topological polar surface area (TPSA) is 92.8 Å². The number of carbonyl (C=O) groups is 2. The van der Waals surface area contributed by atoms with E-state index in [-0.39, 0.29) is 11.7 Å². The van der Waals surface area contributed by atoms with E-state index in [0.717, 1.165) is 18.6 Å². The molecule has 1 saturated heterocycles. The highest BCUT2D eigenvalue weighted by Gasteiger charge is 2.52. The minimum atomic E-state index is -4.33. The van der Waals surface area contributed by atoms with Crippen LogP contribution in [0.4, 0.5) is 8.78 Å². The molecular weight excluding hydrogens is 406 g/mol. The predicted molar refractivity (Wildman–Crippen MR) is 102 cm³/mol. The van der Waals surface area contributed by atoms with Crippen LogP contribution < -0.4 is 9.46 Å². The Morgan fingerprint density at radius 1 is 1.34 bits per heavy atom. The number of likely N-dealkylation sites (tertiary alicyclic amines) is 1. The Hall–Kier alpha value is -2.23. The van der Waals surface area contributed by atoms with E-state index in [1.54, 1.807) is 13.8 Å². The third kappa shape index (κ3) is 4.85. The first kappa shape index (κ1) is 23.1. The second-order valence-electron chi connectivity index (χ2n) is 7.90. The van der Waals surface area contributed by atoms with Crippen molar-refractivity contribution in [1.82, 2.24) is 9.62 Å². The molecule has 1 aliphatic rings. The van der Waals surface area contributed by atoms with Gasteiger partial charge in [-0.15, -0.1) is 0 Å². The van der Waals surface area contributed by atoms with Crippen LogP contribution in [0, 0.1) is 5.41 Å². The number of benzene rings is 1. The van der Waals surface area contributed by atoms with Crippen molar-refractivity contribution < 1.29 is 31.5 Å². The van der Waals surface area contributed by atoms with E-state index in [2.05, 4.69) is 4.74 Å². The molecule has 0 radical (unpaired) electrons. The predicted octanol–water partition coefficient (Wildman–Crippen LogP) is 2.91. The molecule has 2 rings (SSSR count). The molecule has 1 aliphatic heterocycles. The molecule has 0 saturated carbocycles. The zero-order chi connectivity index (χ0) is 22.0. The Balaban J connectivity index is 2.19. The molecule has 29 heavy (non-hydrogen) atoms. The quantitative estimate of drug-likeness (QED) is 0.682. The smallest absolute Gasteiger partial charge is 0.387 e. The van der Waals surface area contributed by atoms with E-state index in [1.807, 2.05) is 11.6 Å². The van der Waals surface area contributed by atoms with Gasteiger partial charge in [0.05, 0.1) is 4.90 Å². The molecule has 1 fully saturated rings. The largest absolute Gasteiger partial charge is 0.435 e. The minimum Gasteiger partial charge on any atom is -0.435 e. The highest BCUT2D eigenvalue weighted by atomic mass is 32.2. The van der Waals surface area contributed by atoms with Crippen LogP contribution in [0.15, 0.2) is 29.2 Å². The standard InChI is InChI=1S/C19H26F2N2O5S/c1-5-9-18(2,3)16(25)23-11-10-19(23,4)15(24)22-29(26,27)14-8-6-7-13(12-14)28-17(20)21/h6-8,12,17H,5,9-11H2,1-4H3,(H,22,24). The monoisotopic (exact) mass is 432 g/mol. The van der Waals surface area contributed by atoms with Crippen LogP contribution in [-0.4, -0.2) is 43.8 Å². The molecule has 2 amide bonds. The van der Waals surface area contributed by atoms with Crippen molar-refractivity contribution in [3.05, 3.63) is 24.3 Å². The van der Waals surface area contributed by atoms with Crippen LogP contribution in [0.3, 0.4) is 0 Å². The van der Waals surface area contributed by atoms with E-state index in [1.165, 1.54) is 24.0 Å². The van der Waals surface area contributed by atoms with Gasteiger partial charge in [-0.1, -0.05) is 33.3 Å². The summed E-state index contributed by atoms with van der Waals surface area (Å²) in [5.74, 6) is -1.40. The zero-order valence-corrected chi connectivity index (χ0v) is 17.7. The zero-order valence-electron chi connectivity index (χ0n) is 16.9. The lowest BCUT2D eigenvalue weighted by molar-refractivity contribution is -0.163. The Morgan fingerprint density at radius 2 is 2.00 bits per heavy atom. The first-order valence-electron chi connectivity index (χ1n) is 9.28. The second-order valence-corrected chi connectivity index (χ2v) is 9.58. The van der Waals surface area contributed by atoms with Crippen molar-refractivity contribution in [3.8, 4) is 5.75 Å². The Morgan fingerprint density at radius 3 is 2.52 bits per heavy atom. The van der Waals surface area contributed by atoms with Gasteiger partial charge in [-0.2, -0.15) is 8.78 Å². The lowest BCUT2D eigenvalue weighted by atomic mass is 9.79. The average Bonchev–Trinajstić information content (AvgIpc) is 2.59. The van der Waals surface area contributed by atoms with Crippen molar-refractivity contribution >= 4 is 21.8 Å². The normalized spacial score (nSPS) is 19.6. The molecule has 1 aromatic rings. The van der Waals surface area contributed by atoms with Crippen LogP contribution in [0.25, 0.3) is 0 Å². The van der Waals surface area contributed by atoms with Gasteiger partial charge >= 0.3 is 6.61 Å². The van der Waals surface area contributed by atoms with Crippen LogP contribution in [0.1, 0.15) is 47.0 Å². The number of amides is 2. The molecule has 1 unspecified atom stereocenters. The van der Waals surface area contributed by atoms with Gasteiger partial charge in [0.1, 0.15) is 11.3 Å². The van der Waals surface area contributed by atoms with Gasteiger partial charge in [0.15, 0.2) is 0 Å². The lowest BCUT2D eigenvalue weighted by Crippen LogP contribution is -2.69. The number of nitrogens with zero attached hydrogens (tertiary/aromatic N) is 1. The average molecular weight is 432 g/mol. The molecule has 1 atom stereocenters. The lowest BCUT2D eigenvalue weighted by Gasteiger charge is -2.51. The van der Waals surface area contributed by atoms with Crippen molar-refractivity contribution in [1.29, 1.82) is 0 Å². The Kier molecular flexibility index (Phi) is 6.56. The van der Waals surface area contributed by atoms with Crippen molar-refractivity contribution in [2.45, 2.75) is 64.0 Å². The Bertz CT molecular complexity index is 888. The number of hydrogen-bond donors (Lipinski definition) is 1. The molecule has 0 aliphatic carbocycles. The number of sulfonamides is 1. The van der Waals surface area contributed by atoms with Crippen molar-refractivity contribution in [2.24, 2.45) is 5.41 Å². The van der Waals surface area contributed by atoms with E-state index < -0.39 is 38.4 Å². The van der Waals surface area contributed by atoms with Crippen LogP contribution in [-0.2, 0) is 19.6 Å². The molecule has 0 aromatic heterocycles. The number of ether oxygens (including phenoxy) is 1. The SMILES string of the molecule is CCCC(C)(C)C(=O)N1CCC1(C)C(=O)NS(=O)(=O)c1cccc(OC(F)F)c1. The maximum Gasteiger partial charge on any atom is 0.387 e. The minimum absolute atomic E-state index is 0.215. The van der Waals surface area contributed by atoms with Gasteiger partial charge in [0.25, 0.3) is 15.9 Å². The fraction of sp³-hybridized carbons (Fsp3) is 0.579. The summed E-state index contributed by atoms with van der Waals surface area (Å²) in [5, 5.41) is 0. The molecule has 1 heterocycles. The summed E-state index contributed by atoms with van der Waals surface area (Å²) in [5.41, 5.74) is -1.97. The molecule has 1 aromatic carbocycles. The van der Waals surface area contributed by atoms with Crippen LogP contribution >= 0.6 is 0 Å². The maximum absolute atomic E-state index is 12.8. The first-order valence-corrected chi connectivity index (χ1v) is 10.8. The van der Waals surface area contributed by atoms with Gasteiger partial charge < -0.3 is 9.64 Å². The molecular formula is C19H26F2N2O5S. The third-order valence-electron chi connectivity index (χ3n) is 5.17. The number of alkyl halides is 2. The number of carbonyl (C=O) groups excluding carboxylic acids is 2. The van der Waals surface area contributed by atoms with Crippen molar-refractivity contribution in [2.75, 3.05) is 6.54 Å². The van der Waals surface area contributed by atoms with E-state index in [4.69, 9.17) is 0 Å². The number of nitrogens with one attached hydrogen (secondary N) is 1. The van der Waals surface area contributed by atoms with E-state index >= 15 is 0 Å². The van der Waals surface area contributed by atoms with Gasteiger partial charge in [0, 0.05) is 18.0 Å². The summed E-state index contributed by atoms with van der Waals surface area (Å²) in [4.78, 5) is 26.6. The molecule has 0 spiro atoms. The molecule has 162 valence electrons. The van der Waals surface area contributed by atoms with Gasteiger partial charge in [-0.3, -0.25) is 9.59 Å². The van der Waals surface area contributed by atoms with Gasteiger partial charge in [-0.25, -0.2) is 13.1 Å². The summed E-state index contributed by atoms with van der Waals surface area (Å²) in [6, 6.07) is 4.46. The molecule has 10 heteroatoms. The summed E-state index contributed by atoms with van der Waals surface area (Å²) in [7, 11) is -4.33. The fourth-order valence-corrected chi connectivity index (χ4v) is 4.44. The first-order chi connectivity index (χ1) is 13.3. The van der Waals surface area contributed by atoms with Gasteiger partial charge in [0.2, 0.25) is 5.91 Å².